The maximum atomic E-state index is 4.21. The average molecular weight is 207 g/mol. The summed E-state index contributed by atoms with van der Waals surface area (Å²) < 4.78 is 0. The summed E-state index contributed by atoms with van der Waals surface area (Å²) in [5.41, 5.74) is 3.38. The summed E-state index contributed by atoms with van der Waals surface area (Å²) in [5.74, 6) is 0. The molecule has 84 valence electrons. The van der Waals surface area contributed by atoms with Gasteiger partial charge in [-0.3, -0.25) is 0 Å². The van der Waals surface area contributed by atoms with Crippen LogP contribution < -0.4 is 5.32 Å². The third kappa shape index (κ3) is 3.59. The first-order valence-electron chi connectivity index (χ1n) is 5.72. The predicted octanol–water partition coefficient (Wildman–Crippen LogP) is 2.24. The third-order valence-electron chi connectivity index (χ3n) is 2.67. The van der Waals surface area contributed by atoms with Crippen LogP contribution in [0.15, 0.2) is 6.07 Å². The van der Waals surface area contributed by atoms with Crippen molar-refractivity contribution in [3.8, 4) is 0 Å². The van der Waals surface area contributed by atoms with E-state index in [2.05, 4.69) is 42.4 Å². The predicted molar refractivity (Wildman–Crippen MR) is 62.7 cm³/mol. The van der Waals surface area contributed by atoms with Gasteiger partial charge < -0.3 is 5.32 Å². The molecule has 0 saturated carbocycles. The van der Waals surface area contributed by atoms with Crippen molar-refractivity contribution >= 4 is 0 Å². The quantitative estimate of drug-likeness (QED) is 0.804. The second-order valence-electron chi connectivity index (χ2n) is 4.00. The second-order valence-corrected chi connectivity index (χ2v) is 4.00. The molecule has 0 aliphatic carbocycles. The maximum Gasteiger partial charge on any atom is 0.0673 e. The molecule has 0 bridgehead atoms. The van der Waals surface area contributed by atoms with Crippen molar-refractivity contribution in [2.24, 2.45) is 0 Å². The average Bonchev–Trinajstić information content (AvgIpc) is 2.26. The van der Waals surface area contributed by atoms with Crippen molar-refractivity contribution in [3.63, 3.8) is 0 Å². The summed E-state index contributed by atoms with van der Waals surface area (Å²) in [6.07, 6.45) is 2.10. The molecule has 1 atom stereocenters. The number of hydrogen-bond acceptors (Lipinski definition) is 3. The summed E-state index contributed by atoms with van der Waals surface area (Å²) in [6.45, 7) is 9.39. The Kier molecular flexibility index (Phi) is 4.69. The van der Waals surface area contributed by atoms with E-state index in [1.807, 2.05) is 6.92 Å². The minimum Gasteiger partial charge on any atom is -0.310 e. The second kappa shape index (κ2) is 5.81. The van der Waals surface area contributed by atoms with E-state index in [0.29, 0.717) is 6.04 Å². The fourth-order valence-corrected chi connectivity index (χ4v) is 1.45. The first kappa shape index (κ1) is 12.1. The minimum absolute atomic E-state index is 0.558. The van der Waals surface area contributed by atoms with Crippen LogP contribution in [0.4, 0.5) is 0 Å². The highest BCUT2D eigenvalue weighted by atomic mass is 15.1. The molecule has 0 aliphatic rings. The zero-order valence-electron chi connectivity index (χ0n) is 10.2. The molecule has 0 amide bonds. The summed E-state index contributed by atoms with van der Waals surface area (Å²) in [5, 5.41) is 11.8. The van der Waals surface area contributed by atoms with Crippen molar-refractivity contribution in [2.45, 2.75) is 53.1 Å². The van der Waals surface area contributed by atoms with Crippen LogP contribution in [0.1, 0.15) is 44.1 Å². The fraction of sp³-hybridized carbons (Fsp3) is 0.667. The number of hydrogen-bond donors (Lipinski definition) is 1. The Bertz CT molecular complexity index is 310. The Morgan fingerprint density at radius 1 is 1.33 bits per heavy atom. The van der Waals surface area contributed by atoms with E-state index >= 15 is 0 Å². The molecule has 1 aromatic rings. The Hall–Kier alpha value is -0.960. The topological polar surface area (TPSA) is 37.8 Å². The van der Waals surface area contributed by atoms with Gasteiger partial charge >= 0.3 is 0 Å². The molecule has 0 fully saturated rings. The third-order valence-corrected chi connectivity index (χ3v) is 2.67. The van der Waals surface area contributed by atoms with Gasteiger partial charge in [0.25, 0.3) is 0 Å². The largest absolute Gasteiger partial charge is 0.310 e. The number of nitrogens with zero attached hydrogens (tertiary/aromatic N) is 2. The summed E-state index contributed by atoms with van der Waals surface area (Å²) in [7, 11) is 0. The van der Waals surface area contributed by atoms with Gasteiger partial charge in [0.05, 0.1) is 11.4 Å². The first-order valence-corrected chi connectivity index (χ1v) is 5.72. The lowest BCUT2D eigenvalue weighted by Crippen LogP contribution is -2.25. The molecule has 0 aliphatic heterocycles. The highest BCUT2D eigenvalue weighted by Crippen LogP contribution is 2.07. The molecular weight excluding hydrogens is 186 g/mol. The van der Waals surface area contributed by atoms with Crippen molar-refractivity contribution in [3.05, 3.63) is 23.0 Å². The molecule has 0 spiro atoms. The number of nitrogens with one attached hydrogen (secondary N) is 1. The van der Waals surface area contributed by atoms with Crippen molar-refractivity contribution in [1.29, 1.82) is 0 Å². The summed E-state index contributed by atoms with van der Waals surface area (Å²) in [6, 6.07) is 2.68. The van der Waals surface area contributed by atoms with Gasteiger partial charge in [-0.2, -0.15) is 10.2 Å². The molecule has 0 radical (unpaired) electrons. The van der Waals surface area contributed by atoms with E-state index in [-0.39, 0.29) is 0 Å². The lowest BCUT2D eigenvalue weighted by Gasteiger charge is -2.13. The Morgan fingerprint density at radius 2 is 2.07 bits per heavy atom. The molecule has 1 aromatic heterocycles. The van der Waals surface area contributed by atoms with E-state index < -0.39 is 0 Å². The molecular formula is C12H21N3. The molecule has 1 unspecified atom stereocenters. The summed E-state index contributed by atoms with van der Waals surface area (Å²) >= 11 is 0. The number of aryl methyl sites for hydroxylation is 2. The van der Waals surface area contributed by atoms with Gasteiger partial charge in [-0.15, -0.1) is 0 Å². The smallest absolute Gasteiger partial charge is 0.0673 e. The van der Waals surface area contributed by atoms with Crippen LogP contribution in [0.3, 0.4) is 0 Å². The van der Waals surface area contributed by atoms with Crippen LogP contribution in [0.25, 0.3) is 0 Å². The van der Waals surface area contributed by atoms with E-state index in [9.17, 15) is 0 Å². The molecule has 3 heteroatoms. The first-order chi connectivity index (χ1) is 7.17. The molecule has 0 aromatic carbocycles. The maximum absolute atomic E-state index is 4.21. The number of aromatic nitrogens is 2. The highest BCUT2D eigenvalue weighted by molar-refractivity contribution is 5.20. The van der Waals surface area contributed by atoms with Crippen LogP contribution in [0.5, 0.6) is 0 Å². The molecule has 3 nitrogen and oxygen atoms in total. The van der Waals surface area contributed by atoms with Gasteiger partial charge in [0.15, 0.2) is 0 Å². The Labute approximate surface area is 92.3 Å². The molecule has 15 heavy (non-hydrogen) atoms. The van der Waals surface area contributed by atoms with Gasteiger partial charge in [0.1, 0.15) is 0 Å². The molecule has 1 heterocycles. The van der Waals surface area contributed by atoms with E-state index in [4.69, 9.17) is 0 Å². The normalized spacial score (nSPS) is 12.8. The standard InChI is InChI=1S/C12H21N3/c1-5-9(3)13-8-11-7-10(4)14-15-12(11)6-2/h7,9,13H,5-6,8H2,1-4H3. The van der Waals surface area contributed by atoms with Gasteiger partial charge in [0.2, 0.25) is 0 Å². The van der Waals surface area contributed by atoms with Crippen molar-refractivity contribution in [2.75, 3.05) is 0 Å². The zero-order chi connectivity index (χ0) is 11.3. The van der Waals surface area contributed by atoms with Crippen molar-refractivity contribution in [1.82, 2.24) is 15.5 Å². The lowest BCUT2D eigenvalue weighted by atomic mass is 10.1. The van der Waals surface area contributed by atoms with E-state index in [1.165, 1.54) is 5.56 Å². The molecule has 1 N–H and O–H groups in total. The van der Waals surface area contributed by atoms with Gasteiger partial charge in [0, 0.05) is 12.6 Å². The van der Waals surface area contributed by atoms with Gasteiger partial charge in [-0.25, -0.2) is 0 Å². The lowest BCUT2D eigenvalue weighted by molar-refractivity contribution is 0.530. The Balaban J connectivity index is 2.69. The van der Waals surface area contributed by atoms with E-state index in [1.54, 1.807) is 0 Å². The van der Waals surface area contributed by atoms with Crippen LogP contribution in [-0.4, -0.2) is 16.2 Å². The van der Waals surface area contributed by atoms with Crippen LogP contribution in [-0.2, 0) is 13.0 Å². The van der Waals surface area contributed by atoms with Gasteiger partial charge in [-0.1, -0.05) is 13.8 Å². The fourth-order valence-electron chi connectivity index (χ4n) is 1.45. The van der Waals surface area contributed by atoms with E-state index in [0.717, 1.165) is 30.8 Å². The highest BCUT2D eigenvalue weighted by Gasteiger charge is 2.05. The van der Waals surface area contributed by atoms with Crippen LogP contribution in [0, 0.1) is 6.92 Å². The van der Waals surface area contributed by atoms with Crippen molar-refractivity contribution < 1.29 is 0 Å². The SMILES string of the molecule is CCc1nnc(C)cc1CNC(C)CC. The molecule has 1 rings (SSSR count). The monoisotopic (exact) mass is 207 g/mol. The number of rotatable bonds is 5. The van der Waals surface area contributed by atoms with Crippen LogP contribution in [0.2, 0.25) is 0 Å². The minimum atomic E-state index is 0.558. The molecule has 0 saturated heterocycles. The Morgan fingerprint density at radius 3 is 2.67 bits per heavy atom. The zero-order valence-corrected chi connectivity index (χ0v) is 10.2. The van der Waals surface area contributed by atoms with Crippen LogP contribution >= 0.6 is 0 Å². The summed E-state index contributed by atoms with van der Waals surface area (Å²) in [4.78, 5) is 0. The van der Waals surface area contributed by atoms with Gasteiger partial charge in [-0.05, 0) is 38.3 Å².